The fraction of sp³-hybridized carbons (Fsp3) is 0.200. The molecule has 0 aliphatic heterocycles. The van der Waals surface area contributed by atoms with Gasteiger partial charge in [0, 0.05) is 0 Å². The minimum absolute atomic E-state index is 0.261. The van der Waals surface area contributed by atoms with E-state index in [9.17, 15) is 0 Å². The average Bonchev–Trinajstić information content (AvgIpc) is 2.68. The summed E-state index contributed by atoms with van der Waals surface area (Å²) in [7, 11) is 0. The summed E-state index contributed by atoms with van der Waals surface area (Å²) >= 11 is 0. The van der Waals surface area contributed by atoms with Crippen molar-refractivity contribution in [3.63, 3.8) is 0 Å². The predicted octanol–water partition coefficient (Wildman–Crippen LogP) is 1.96. The molecular weight excluding hydrogens is 222 g/mol. The second-order valence-electron chi connectivity index (χ2n) is 4.27. The molecule has 5 N–H and O–H groups in total. The van der Waals surface area contributed by atoms with E-state index in [0.29, 0.717) is 0 Å². The Morgan fingerprint density at radius 2 is 1.78 bits per heavy atom. The molecule has 0 fully saturated rings. The molecule has 3 heteroatoms. The first-order chi connectivity index (χ1) is 8.77. The summed E-state index contributed by atoms with van der Waals surface area (Å²) < 4.78 is 0. The van der Waals surface area contributed by atoms with Crippen LogP contribution >= 0.6 is 0 Å². The molecule has 1 aliphatic carbocycles. The Morgan fingerprint density at radius 3 is 2.56 bits per heavy atom. The quantitative estimate of drug-likeness (QED) is 0.706. The number of nitrogens with two attached hydrogens (primary N) is 2. The van der Waals surface area contributed by atoms with Crippen molar-refractivity contribution in [1.29, 1.82) is 0 Å². The summed E-state index contributed by atoms with van der Waals surface area (Å²) in [5, 5.41) is 3.20. The molecule has 2 rings (SSSR count). The summed E-state index contributed by atoms with van der Waals surface area (Å²) in [6, 6.07) is 9.88. The van der Waals surface area contributed by atoms with Crippen LogP contribution in [0.5, 0.6) is 0 Å². The van der Waals surface area contributed by atoms with Crippen LogP contribution in [0, 0.1) is 0 Å². The van der Waals surface area contributed by atoms with Crippen LogP contribution in [0.2, 0.25) is 0 Å². The van der Waals surface area contributed by atoms with E-state index < -0.39 is 0 Å². The van der Waals surface area contributed by atoms with Gasteiger partial charge in [-0.15, -0.1) is 0 Å². The van der Waals surface area contributed by atoms with Crippen molar-refractivity contribution in [1.82, 2.24) is 5.32 Å². The topological polar surface area (TPSA) is 64.1 Å². The highest BCUT2D eigenvalue weighted by molar-refractivity contribution is 5.31. The van der Waals surface area contributed by atoms with E-state index in [-0.39, 0.29) is 12.3 Å². The van der Waals surface area contributed by atoms with Crippen LogP contribution in [0.25, 0.3) is 0 Å². The van der Waals surface area contributed by atoms with Gasteiger partial charge in [0.1, 0.15) is 0 Å². The maximum Gasteiger partial charge on any atom is 0.0824 e. The van der Waals surface area contributed by atoms with Crippen LogP contribution in [-0.4, -0.2) is 6.17 Å². The first-order valence-electron chi connectivity index (χ1n) is 6.13. The van der Waals surface area contributed by atoms with Gasteiger partial charge in [-0.1, -0.05) is 60.7 Å². The van der Waals surface area contributed by atoms with Gasteiger partial charge in [0.25, 0.3) is 0 Å². The molecular formula is C15H19N3. The van der Waals surface area contributed by atoms with E-state index in [1.165, 1.54) is 0 Å². The van der Waals surface area contributed by atoms with Crippen molar-refractivity contribution in [2.75, 3.05) is 0 Å². The lowest BCUT2D eigenvalue weighted by atomic mass is 10.1. The molecule has 0 aromatic heterocycles. The number of allylic oxidation sites excluding steroid dienone is 4. The largest absolute Gasteiger partial charge is 0.312 e. The Labute approximate surface area is 108 Å². The Kier molecular flexibility index (Phi) is 4.47. The molecule has 0 saturated carbocycles. The number of hydrogen-bond donors (Lipinski definition) is 3. The van der Waals surface area contributed by atoms with E-state index in [2.05, 4.69) is 17.5 Å². The average molecular weight is 241 g/mol. The van der Waals surface area contributed by atoms with Crippen molar-refractivity contribution < 1.29 is 0 Å². The van der Waals surface area contributed by atoms with Gasteiger partial charge in [-0.2, -0.15) is 0 Å². The molecule has 1 aliphatic rings. The zero-order chi connectivity index (χ0) is 12.8. The van der Waals surface area contributed by atoms with E-state index in [1.54, 1.807) is 0 Å². The highest BCUT2D eigenvalue weighted by Crippen LogP contribution is 2.11. The third kappa shape index (κ3) is 3.40. The highest BCUT2D eigenvalue weighted by Gasteiger charge is 2.11. The van der Waals surface area contributed by atoms with E-state index in [4.69, 9.17) is 11.5 Å². The van der Waals surface area contributed by atoms with Gasteiger partial charge in [-0.05, 0) is 17.6 Å². The first kappa shape index (κ1) is 12.8. The normalized spacial score (nSPS) is 18.0. The number of nitrogens with one attached hydrogen (secondary N) is 1. The molecule has 0 heterocycles. The van der Waals surface area contributed by atoms with Crippen LogP contribution in [-0.2, 0) is 0 Å². The fourth-order valence-electron chi connectivity index (χ4n) is 1.85. The van der Waals surface area contributed by atoms with Gasteiger partial charge in [0.15, 0.2) is 0 Å². The molecule has 0 saturated heterocycles. The van der Waals surface area contributed by atoms with Crippen LogP contribution in [0.15, 0.2) is 66.3 Å². The van der Waals surface area contributed by atoms with Gasteiger partial charge in [-0.3, -0.25) is 5.32 Å². The summed E-state index contributed by atoms with van der Waals surface area (Å²) in [5.41, 5.74) is 14.3. The molecule has 18 heavy (non-hydrogen) atoms. The minimum atomic E-state index is -0.265. The summed E-state index contributed by atoms with van der Waals surface area (Å²) in [5.74, 6) is 0. The molecule has 3 nitrogen and oxygen atoms in total. The Balaban J connectivity index is 2.01. The maximum atomic E-state index is 6.11. The van der Waals surface area contributed by atoms with Gasteiger partial charge >= 0.3 is 0 Å². The third-order valence-corrected chi connectivity index (χ3v) is 2.88. The SMILES string of the molecule is NC(NC(N)c1ccccc1)C1=CC=CCC=C1. The molecule has 2 unspecified atom stereocenters. The number of benzene rings is 1. The Hall–Kier alpha value is -1.68. The van der Waals surface area contributed by atoms with Gasteiger partial charge in [0.2, 0.25) is 0 Å². The van der Waals surface area contributed by atoms with Crippen LogP contribution < -0.4 is 16.8 Å². The number of hydrogen-bond acceptors (Lipinski definition) is 3. The maximum absolute atomic E-state index is 6.11. The Morgan fingerprint density at radius 1 is 1.00 bits per heavy atom. The van der Waals surface area contributed by atoms with Crippen molar-refractivity contribution in [3.05, 3.63) is 71.8 Å². The first-order valence-corrected chi connectivity index (χ1v) is 6.13. The fourth-order valence-corrected chi connectivity index (χ4v) is 1.85. The van der Waals surface area contributed by atoms with Crippen molar-refractivity contribution in [2.24, 2.45) is 11.5 Å². The molecule has 2 atom stereocenters. The minimum Gasteiger partial charge on any atom is -0.312 e. The Bertz CT molecular complexity index is 460. The molecule has 1 aromatic rings. The van der Waals surface area contributed by atoms with Gasteiger partial charge in [0.05, 0.1) is 12.3 Å². The lowest BCUT2D eigenvalue weighted by Crippen LogP contribution is -2.44. The molecule has 0 radical (unpaired) electrons. The lowest BCUT2D eigenvalue weighted by Gasteiger charge is -2.21. The van der Waals surface area contributed by atoms with E-state index in [1.807, 2.05) is 48.6 Å². The highest BCUT2D eigenvalue weighted by atomic mass is 15.1. The predicted molar refractivity (Wildman–Crippen MR) is 75.5 cm³/mol. The van der Waals surface area contributed by atoms with Crippen LogP contribution in [0.4, 0.5) is 0 Å². The molecule has 0 bridgehead atoms. The van der Waals surface area contributed by atoms with Gasteiger partial charge in [-0.25, -0.2) is 0 Å². The van der Waals surface area contributed by atoms with E-state index in [0.717, 1.165) is 17.6 Å². The van der Waals surface area contributed by atoms with Crippen molar-refractivity contribution in [2.45, 2.75) is 18.8 Å². The van der Waals surface area contributed by atoms with Crippen molar-refractivity contribution in [3.8, 4) is 0 Å². The van der Waals surface area contributed by atoms with Crippen LogP contribution in [0.3, 0.4) is 0 Å². The summed E-state index contributed by atoms with van der Waals surface area (Å²) in [6.45, 7) is 0. The van der Waals surface area contributed by atoms with Crippen molar-refractivity contribution >= 4 is 0 Å². The molecule has 94 valence electrons. The summed E-state index contributed by atoms with van der Waals surface area (Å²) in [4.78, 5) is 0. The monoisotopic (exact) mass is 241 g/mol. The standard InChI is InChI=1S/C15H19N3/c16-14(12-8-4-1-2-5-9-12)18-15(17)13-10-6-3-7-11-13/h1,3-11,14-15,18H,2,16-17H2. The second kappa shape index (κ2) is 6.31. The smallest absolute Gasteiger partial charge is 0.0824 e. The molecule has 0 amide bonds. The zero-order valence-electron chi connectivity index (χ0n) is 10.3. The third-order valence-electron chi connectivity index (χ3n) is 2.88. The van der Waals surface area contributed by atoms with E-state index >= 15 is 0 Å². The molecule has 0 spiro atoms. The summed E-state index contributed by atoms with van der Waals surface area (Å²) in [6.07, 6.45) is 10.7. The molecule has 1 aromatic carbocycles. The second-order valence-corrected chi connectivity index (χ2v) is 4.27. The van der Waals surface area contributed by atoms with Gasteiger partial charge < -0.3 is 11.5 Å². The number of rotatable bonds is 4. The lowest BCUT2D eigenvalue weighted by molar-refractivity contribution is 0.495. The zero-order valence-corrected chi connectivity index (χ0v) is 10.3. The van der Waals surface area contributed by atoms with Crippen LogP contribution in [0.1, 0.15) is 18.2 Å².